The van der Waals surface area contributed by atoms with Crippen molar-refractivity contribution in [2.24, 2.45) is 0 Å². The minimum atomic E-state index is -0.586. The summed E-state index contributed by atoms with van der Waals surface area (Å²) >= 11 is 0. The number of hydrogen-bond acceptors (Lipinski definition) is 6. The maximum absolute atomic E-state index is 6.57. The summed E-state index contributed by atoms with van der Waals surface area (Å²) in [6.07, 6.45) is -1.96. The van der Waals surface area contributed by atoms with E-state index in [1.165, 1.54) is 0 Å². The fraction of sp³-hybridized carbons (Fsp3) is 0.379. The smallest absolute Gasteiger partial charge is 0.186 e. The quantitative estimate of drug-likeness (QED) is 0.454. The lowest BCUT2D eigenvalue weighted by atomic mass is 9.96. The lowest BCUT2D eigenvalue weighted by Gasteiger charge is -2.45. The predicted octanol–water partition coefficient (Wildman–Crippen LogP) is 5.03. The minimum Gasteiger partial charge on any atom is -0.368 e. The number of fused-ring (bicyclic) bond motifs is 1. The van der Waals surface area contributed by atoms with Gasteiger partial charge in [0.1, 0.15) is 18.3 Å². The second kappa shape index (κ2) is 11.9. The Morgan fingerprint density at radius 3 is 1.89 bits per heavy atom. The van der Waals surface area contributed by atoms with E-state index in [1.54, 1.807) is 7.11 Å². The molecule has 1 unspecified atom stereocenters. The molecular formula is C29H32O6. The molecule has 5 rings (SSSR count). The van der Waals surface area contributed by atoms with E-state index in [0.717, 1.165) is 16.7 Å². The second-order valence-electron chi connectivity index (χ2n) is 8.80. The van der Waals surface area contributed by atoms with E-state index in [2.05, 4.69) is 0 Å². The van der Waals surface area contributed by atoms with Gasteiger partial charge in [0.05, 0.1) is 25.9 Å². The van der Waals surface area contributed by atoms with Gasteiger partial charge in [0.25, 0.3) is 0 Å². The molecule has 0 saturated carbocycles. The zero-order chi connectivity index (χ0) is 23.9. The van der Waals surface area contributed by atoms with Crippen LogP contribution in [-0.4, -0.2) is 44.4 Å². The SMILES string of the molecule is CO[C@H]1O[C@@H]2CCOC(c3ccccc3)O[C@H]2[C@H](OCc2ccccc2)[C@H]1OCc1ccccc1. The summed E-state index contributed by atoms with van der Waals surface area (Å²) < 4.78 is 37.7. The van der Waals surface area contributed by atoms with E-state index in [0.29, 0.717) is 26.2 Å². The van der Waals surface area contributed by atoms with Gasteiger partial charge in [-0.15, -0.1) is 0 Å². The van der Waals surface area contributed by atoms with Gasteiger partial charge < -0.3 is 28.4 Å². The number of ether oxygens (including phenoxy) is 6. The minimum absolute atomic E-state index is 0.244. The molecule has 35 heavy (non-hydrogen) atoms. The number of hydrogen-bond donors (Lipinski definition) is 0. The topological polar surface area (TPSA) is 55.4 Å². The molecule has 3 aromatic rings. The van der Waals surface area contributed by atoms with Crippen LogP contribution in [-0.2, 0) is 41.6 Å². The van der Waals surface area contributed by atoms with Gasteiger partial charge >= 0.3 is 0 Å². The molecule has 0 radical (unpaired) electrons. The molecule has 0 bridgehead atoms. The van der Waals surface area contributed by atoms with Crippen molar-refractivity contribution in [3.8, 4) is 0 Å². The van der Waals surface area contributed by atoms with Crippen molar-refractivity contribution in [1.82, 2.24) is 0 Å². The molecular weight excluding hydrogens is 444 g/mol. The molecule has 0 amide bonds. The normalized spacial score (nSPS) is 28.7. The number of rotatable bonds is 8. The average Bonchev–Trinajstić information content (AvgIpc) is 3.14. The third kappa shape index (κ3) is 5.98. The van der Waals surface area contributed by atoms with Crippen LogP contribution in [0.5, 0.6) is 0 Å². The first-order chi connectivity index (χ1) is 17.3. The van der Waals surface area contributed by atoms with Crippen LogP contribution in [0.3, 0.4) is 0 Å². The predicted molar refractivity (Wildman–Crippen MR) is 130 cm³/mol. The maximum Gasteiger partial charge on any atom is 0.186 e. The zero-order valence-corrected chi connectivity index (χ0v) is 19.9. The summed E-state index contributed by atoms with van der Waals surface area (Å²) in [4.78, 5) is 0. The standard InChI is InChI=1S/C29H32O6/c1-30-29-27(33-20-22-13-7-3-8-14-22)26(32-19-21-11-5-2-6-12-21)25-24(34-29)17-18-31-28(35-25)23-15-9-4-10-16-23/h2-16,24-29H,17-20H2,1H3/t24-,25-,26+,27-,28?,29+/m1/s1. The van der Waals surface area contributed by atoms with E-state index in [-0.39, 0.29) is 6.10 Å². The molecule has 0 spiro atoms. The van der Waals surface area contributed by atoms with Crippen molar-refractivity contribution in [3.63, 3.8) is 0 Å². The van der Waals surface area contributed by atoms with Crippen molar-refractivity contribution in [2.45, 2.75) is 56.6 Å². The second-order valence-corrected chi connectivity index (χ2v) is 8.80. The van der Waals surface area contributed by atoms with Crippen LogP contribution in [0.25, 0.3) is 0 Å². The Kier molecular flexibility index (Phi) is 8.21. The summed E-state index contributed by atoms with van der Waals surface area (Å²) in [5, 5.41) is 0. The third-order valence-corrected chi connectivity index (χ3v) is 6.42. The van der Waals surface area contributed by atoms with Gasteiger partial charge in [0.2, 0.25) is 0 Å². The van der Waals surface area contributed by atoms with Crippen molar-refractivity contribution < 1.29 is 28.4 Å². The maximum atomic E-state index is 6.57. The first kappa shape index (κ1) is 24.1. The molecule has 6 heteroatoms. The molecule has 2 heterocycles. The Balaban J connectivity index is 1.41. The largest absolute Gasteiger partial charge is 0.368 e. The molecule has 2 saturated heterocycles. The van der Waals surface area contributed by atoms with Gasteiger partial charge in [-0.05, 0) is 17.5 Å². The van der Waals surface area contributed by atoms with Crippen LogP contribution in [0, 0.1) is 0 Å². The molecule has 184 valence electrons. The first-order valence-corrected chi connectivity index (χ1v) is 12.1. The third-order valence-electron chi connectivity index (χ3n) is 6.42. The molecule has 0 aliphatic carbocycles. The molecule has 6 atom stereocenters. The van der Waals surface area contributed by atoms with Crippen LogP contribution in [0.1, 0.15) is 29.4 Å². The Labute approximate surface area is 206 Å². The molecule has 0 N–H and O–H groups in total. The van der Waals surface area contributed by atoms with Gasteiger partial charge in [-0.25, -0.2) is 0 Å². The fourth-order valence-corrected chi connectivity index (χ4v) is 4.62. The van der Waals surface area contributed by atoms with Crippen LogP contribution in [0.15, 0.2) is 91.0 Å². The van der Waals surface area contributed by atoms with E-state index in [1.807, 2.05) is 91.0 Å². The van der Waals surface area contributed by atoms with Gasteiger partial charge in [-0.3, -0.25) is 0 Å². The fourth-order valence-electron chi connectivity index (χ4n) is 4.62. The summed E-state index contributed by atoms with van der Waals surface area (Å²) in [6, 6.07) is 30.1. The summed E-state index contributed by atoms with van der Waals surface area (Å²) in [6.45, 7) is 1.35. The van der Waals surface area contributed by atoms with E-state index >= 15 is 0 Å². The van der Waals surface area contributed by atoms with E-state index < -0.39 is 30.9 Å². The molecule has 0 aromatic heterocycles. The number of benzene rings is 3. The molecule has 2 aliphatic heterocycles. The average molecular weight is 477 g/mol. The summed E-state index contributed by atoms with van der Waals surface area (Å²) in [5.41, 5.74) is 3.11. The Bertz CT molecular complexity index is 1020. The molecule has 6 nitrogen and oxygen atoms in total. The van der Waals surface area contributed by atoms with Gasteiger partial charge in [0, 0.05) is 12.7 Å². The van der Waals surface area contributed by atoms with Crippen LogP contribution < -0.4 is 0 Å². The van der Waals surface area contributed by atoms with E-state index in [4.69, 9.17) is 28.4 Å². The highest BCUT2D eigenvalue weighted by molar-refractivity contribution is 5.17. The lowest BCUT2D eigenvalue weighted by Crippen LogP contribution is -2.60. The van der Waals surface area contributed by atoms with Crippen molar-refractivity contribution in [3.05, 3.63) is 108 Å². The Morgan fingerprint density at radius 1 is 0.714 bits per heavy atom. The highest BCUT2D eigenvalue weighted by Crippen LogP contribution is 2.36. The van der Waals surface area contributed by atoms with Gasteiger partial charge in [0.15, 0.2) is 12.6 Å². The summed E-state index contributed by atoms with van der Waals surface area (Å²) in [7, 11) is 1.64. The zero-order valence-electron chi connectivity index (χ0n) is 19.9. The van der Waals surface area contributed by atoms with E-state index in [9.17, 15) is 0 Å². The Hall–Kier alpha value is -2.58. The van der Waals surface area contributed by atoms with Crippen molar-refractivity contribution in [2.75, 3.05) is 13.7 Å². The summed E-state index contributed by atoms with van der Waals surface area (Å²) in [5.74, 6) is 0. The van der Waals surface area contributed by atoms with Gasteiger partial charge in [-0.2, -0.15) is 0 Å². The monoisotopic (exact) mass is 476 g/mol. The molecule has 3 aromatic carbocycles. The Morgan fingerprint density at radius 2 is 1.29 bits per heavy atom. The molecule has 2 aliphatic rings. The van der Waals surface area contributed by atoms with Crippen molar-refractivity contribution >= 4 is 0 Å². The van der Waals surface area contributed by atoms with Crippen LogP contribution >= 0.6 is 0 Å². The highest BCUT2D eigenvalue weighted by atomic mass is 16.7. The van der Waals surface area contributed by atoms with Gasteiger partial charge in [-0.1, -0.05) is 91.0 Å². The van der Waals surface area contributed by atoms with Crippen LogP contribution in [0.2, 0.25) is 0 Å². The first-order valence-electron chi connectivity index (χ1n) is 12.1. The lowest BCUT2D eigenvalue weighted by molar-refractivity contribution is -0.325. The highest BCUT2D eigenvalue weighted by Gasteiger charge is 2.50. The van der Waals surface area contributed by atoms with Crippen molar-refractivity contribution in [1.29, 1.82) is 0 Å². The van der Waals surface area contributed by atoms with Crippen LogP contribution in [0.4, 0.5) is 0 Å². The number of methoxy groups -OCH3 is 1. The molecule has 2 fully saturated rings.